The lowest BCUT2D eigenvalue weighted by Crippen LogP contribution is -2.72. The van der Waals surface area contributed by atoms with Gasteiger partial charge in [-0.15, -0.1) is 0 Å². The first-order valence-electron chi connectivity index (χ1n) is 10.6. The van der Waals surface area contributed by atoms with Gasteiger partial charge in [-0.05, 0) is 37.2 Å². The Balaban J connectivity index is 1.90. The molecule has 8 atom stereocenters. The third kappa shape index (κ3) is 2.25. The Hall–Kier alpha value is -1.25. The highest BCUT2D eigenvalue weighted by Gasteiger charge is 2.78. The zero-order chi connectivity index (χ0) is 22.5. The fraction of sp³-hybridized carbons (Fsp3) is 0.818. The molecule has 0 aromatic carbocycles. The Bertz CT molecular complexity index is 843. The number of alkyl halides is 3. The van der Waals surface area contributed by atoms with E-state index in [2.05, 4.69) is 0 Å². The van der Waals surface area contributed by atoms with E-state index in [9.17, 15) is 24.9 Å². The Morgan fingerprint density at radius 2 is 1.83 bits per heavy atom. The monoisotopic (exact) mass is 430 g/mol. The van der Waals surface area contributed by atoms with E-state index in [-0.39, 0.29) is 25.7 Å². The van der Waals surface area contributed by atoms with E-state index in [1.165, 1.54) is 13.8 Å². The fourth-order valence-corrected chi connectivity index (χ4v) is 7.64. The molecule has 3 fully saturated rings. The minimum absolute atomic E-state index is 0.0769. The van der Waals surface area contributed by atoms with E-state index in [4.69, 9.17) is 0 Å². The number of rotatable bonds is 2. The van der Waals surface area contributed by atoms with E-state index in [1.54, 1.807) is 6.92 Å². The number of hydrogen-bond acceptors (Lipinski definition) is 5. The summed E-state index contributed by atoms with van der Waals surface area (Å²) in [6, 6.07) is 0. The van der Waals surface area contributed by atoms with Crippen molar-refractivity contribution in [1.29, 1.82) is 0 Å². The van der Waals surface area contributed by atoms with Crippen LogP contribution in [-0.4, -0.2) is 56.8 Å². The number of hydrogen-bond donors (Lipinski definition) is 3. The Kier molecular flexibility index (Phi) is 4.51. The highest BCUT2D eigenvalue weighted by Crippen LogP contribution is 2.73. The SMILES string of the molecule is C[C@@H]1C[C@H]2[C@@H]3CC(F)(F)C4=CC(=O)CC[C@]4(C)[C@@]3(F)[C@@H](O)C[C@]2(C)[C@@]1(O)C(=O)CO. The van der Waals surface area contributed by atoms with Gasteiger partial charge in [0.25, 0.3) is 5.92 Å². The van der Waals surface area contributed by atoms with Gasteiger partial charge >= 0.3 is 0 Å². The van der Waals surface area contributed by atoms with Crippen LogP contribution in [0.4, 0.5) is 13.2 Å². The maximum Gasteiger partial charge on any atom is 0.270 e. The van der Waals surface area contributed by atoms with Crippen molar-refractivity contribution in [2.45, 2.75) is 76.2 Å². The molecule has 4 aliphatic rings. The summed E-state index contributed by atoms with van der Waals surface area (Å²) in [6.45, 7) is 3.57. The minimum atomic E-state index is -3.44. The number of aliphatic hydroxyl groups is 3. The highest BCUT2D eigenvalue weighted by molar-refractivity contribution is 5.92. The number of carbonyl (C=O) groups is 2. The first kappa shape index (κ1) is 22.0. The van der Waals surface area contributed by atoms with Gasteiger partial charge in [-0.2, -0.15) is 0 Å². The maximum atomic E-state index is 16.9. The molecule has 3 N–H and O–H groups in total. The first-order chi connectivity index (χ1) is 13.7. The predicted molar refractivity (Wildman–Crippen MR) is 100 cm³/mol. The zero-order valence-electron chi connectivity index (χ0n) is 17.4. The van der Waals surface area contributed by atoms with Crippen molar-refractivity contribution in [3.63, 3.8) is 0 Å². The number of allylic oxidation sites excluding steroid dienone is 1. The van der Waals surface area contributed by atoms with Crippen LogP contribution in [0.3, 0.4) is 0 Å². The predicted octanol–water partition coefficient (Wildman–Crippen LogP) is 2.36. The van der Waals surface area contributed by atoms with Crippen LogP contribution in [-0.2, 0) is 9.59 Å². The van der Waals surface area contributed by atoms with Crippen molar-refractivity contribution in [3.8, 4) is 0 Å². The number of fused-ring (bicyclic) bond motifs is 5. The van der Waals surface area contributed by atoms with Gasteiger partial charge in [0.05, 0.1) is 6.10 Å². The number of aliphatic hydroxyl groups excluding tert-OH is 2. The molecule has 0 aromatic rings. The molecule has 0 heterocycles. The number of carbonyl (C=O) groups excluding carboxylic acids is 2. The van der Waals surface area contributed by atoms with Gasteiger partial charge in [0.15, 0.2) is 11.6 Å². The van der Waals surface area contributed by atoms with Crippen molar-refractivity contribution in [1.82, 2.24) is 0 Å². The van der Waals surface area contributed by atoms with Gasteiger partial charge in [-0.1, -0.05) is 20.8 Å². The maximum absolute atomic E-state index is 16.9. The van der Waals surface area contributed by atoms with Gasteiger partial charge in [0.2, 0.25) is 0 Å². The van der Waals surface area contributed by atoms with Crippen LogP contribution < -0.4 is 0 Å². The molecule has 0 aliphatic heterocycles. The molecular formula is C22H29F3O5. The minimum Gasteiger partial charge on any atom is -0.390 e. The summed E-state index contributed by atoms with van der Waals surface area (Å²) < 4.78 is 47.5. The molecule has 0 aromatic heterocycles. The molecule has 8 heteroatoms. The molecule has 0 spiro atoms. The average Bonchev–Trinajstić information content (AvgIpc) is 2.87. The summed E-state index contributed by atoms with van der Waals surface area (Å²) in [5.41, 5.74) is -8.09. The molecule has 168 valence electrons. The molecule has 4 rings (SSSR count). The van der Waals surface area contributed by atoms with Gasteiger partial charge in [0, 0.05) is 35.2 Å². The smallest absolute Gasteiger partial charge is 0.270 e. The third-order valence-corrected chi connectivity index (χ3v) is 9.19. The molecule has 0 amide bonds. The van der Waals surface area contributed by atoms with Crippen LogP contribution in [0, 0.1) is 28.6 Å². The van der Waals surface area contributed by atoms with E-state index < -0.39 is 82.0 Å². The van der Waals surface area contributed by atoms with Crippen LogP contribution in [0.5, 0.6) is 0 Å². The van der Waals surface area contributed by atoms with E-state index >= 15 is 13.2 Å². The summed E-state index contributed by atoms with van der Waals surface area (Å²) in [6.07, 6.45) is -2.12. The fourth-order valence-electron chi connectivity index (χ4n) is 7.64. The summed E-state index contributed by atoms with van der Waals surface area (Å²) in [7, 11) is 0. The van der Waals surface area contributed by atoms with E-state index in [0.29, 0.717) is 0 Å². The summed E-state index contributed by atoms with van der Waals surface area (Å²) in [4.78, 5) is 24.4. The normalized spacial score (nSPS) is 52.2. The molecule has 30 heavy (non-hydrogen) atoms. The topological polar surface area (TPSA) is 94.8 Å². The summed E-state index contributed by atoms with van der Waals surface area (Å²) >= 11 is 0. The summed E-state index contributed by atoms with van der Waals surface area (Å²) in [5.74, 6) is -7.53. The lowest BCUT2D eigenvalue weighted by Gasteiger charge is -2.64. The van der Waals surface area contributed by atoms with Crippen LogP contribution in [0.1, 0.15) is 52.9 Å². The van der Waals surface area contributed by atoms with Crippen molar-refractivity contribution in [3.05, 3.63) is 11.6 Å². The van der Waals surface area contributed by atoms with Crippen LogP contribution in [0.2, 0.25) is 0 Å². The van der Waals surface area contributed by atoms with E-state index in [1.807, 2.05) is 0 Å². The van der Waals surface area contributed by atoms with Crippen LogP contribution in [0.15, 0.2) is 11.6 Å². The number of Topliss-reactive ketones (excluding diaryl/α,β-unsaturated/α-hetero) is 1. The molecule has 0 bridgehead atoms. The van der Waals surface area contributed by atoms with Gasteiger partial charge in [0.1, 0.15) is 17.9 Å². The lowest BCUT2D eigenvalue weighted by atomic mass is 9.43. The van der Waals surface area contributed by atoms with Crippen molar-refractivity contribution in [2.24, 2.45) is 28.6 Å². The van der Waals surface area contributed by atoms with Crippen molar-refractivity contribution >= 4 is 11.6 Å². The zero-order valence-corrected chi connectivity index (χ0v) is 17.4. The summed E-state index contributed by atoms with van der Waals surface area (Å²) in [5, 5.41) is 31.9. The molecule has 5 nitrogen and oxygen atoms in total. The highest BCUT2D eigenvalue weighted by atomic mass is 19.3. The van der Waals surface area contributed by atoms with Crippen LogP contribution in [0.25, 0.3) is 0 Å². The van der Waals surface area contributed by atoms with Crippen molar-refractivity contribution in [2.75, 3.05) is 6.61 Å². The first-order valence-corrected chi connectivity index (χ1v) is 10.6. The molecule has 0 saturated heterocycles. The van der Waals surface area contributed by atoms with Gasteiger partial charge in [-0.3, -0.25) is 9.59 Å². The Morgan fingerprint density at radius 3 is 2.43 bits per heavy atom. The molecule has 0 radical (unpaired) electrons. The van der Waals surface area contributed by atoms with Gasteiger partial charge < -0.3 is 15.3 Å². The molecular weight excluding hydrogens is 401 g/mol. The van der Waals surface area contributed by atoms with E-state index in [0.717, 1.165) is 6.08 Å². The Morgan fingerprint density at radius 1 is 1.20 bits per heavy atom. The largest absolute Gasteiger partial charge is 0.390 e. The standard InChI is InChI=1S/C22H29F3O5/c1-11-6-13-14-8-20(23,24)15-7-12(27)4-5-18(15,2)21(14,25)16(28)9-19(13,3)22(11,30)17(29)10-26/h7,11,13-14,16,26,28,30H,4-6,8-10H2,1-3H3/t11-,13+,14+,16+,18+,19+,21+,22+/m1/s1. The second-order valence-electron chi connectivity index (χ2n) is 10.4. The second kappa shape index (κ2) is 6.17. The van der Waals surface area contributed by atoms with Crippen molar-refractivity contribution < 1.29 is 38.1 Å². The lowest BCUT2D eigenvalue weighted by molar-refractivity contribution is -0.251. The molecule has 4 aliphatic carbocycles. The second-order valence-corrected chi connectivity index (χ2v) is 10.4. The molecule has 3 saturated carbocycles. The third-order valence-electron chi connectivity index (χ3n) is 9.19. The number of ketones is 2. The quantitative estimate of drug-likeness (QED) is 0.625. The van der Waals surface area contributed by atoms with Gasteiger partial charge in [-0.25, -0.2) is 13.2 Å². The molecule has 0 unspecified atom stereocenters. The Labute approximate surface area is 173 Å². The van der Waals surface area contributed by atoms with Crippen LogP contribution >= 0.6 is 0 Å². The average molecular weight is 430 g/mol. The number of halogens is 3.